The predicted octanol–water partition coefficient (Wildman–Crippen LogP) is 3.06. The Kier molecular flexibility index (Phi) is 3.33. The summed E-state index contributed by atoms with van der Waals surface area (Å²) in [6, 6.07) is 6.19. The average Bonchev–Trinajstić information content (AvgIpc) is 2.77. The van der Waals surface area contributed by atoms with Gasteiger partial charge in [0, 0.05) is 22.9 Å². The fraction of sp³-hybridized carbons (Fsp3) is 0.154. The number of amides is 1. The van der Waals surface area contributed by atoms with E-state index >= 15 is 0 Å². The van der Waals surface area contributed by atoms with E-state index in [0.717, 1.165) is 0 Å². The fourth-order valence-electron chi connectivity index (χ4n) is 1.68. The molecule has 0 spiro atoms. The summed E-state index contributed by atoms with van der Waals surface area (Å²) in [5.41, 5.74) is 1.57. The second-order valence-electron chi connectivity index (χ2n) is 4.15. The number of hydrogen-bond acceptors (Lipinski definition) is 4. The molecule has 19 heavy (non-hydrogen) atoms. The van der Waals surface area contributed by atoms with E-state index in [2.05, 4.69) is 5.32 Å². The Labute approximate surface area is 109 Å². The van der Waals surface area contributed by atoms with Crippen LogP contribution in [-0.2, 0) is 0 Å². The number of furan rings is 1. The Balaban J connectivity index is 2.25. The van der Waals surface area contributed by atoms with Crippen LogP contribution in [0.4, 0.5) is 11.4 Å². The molecule has 0 fully saturated rings. The third kappa shape index (κ3) is 2.62. The number of anilines is 1. The second kappa shape index (κ2) is 4.93. The van der Waals surface area contributed by atoms with Gasteiger partial charge in [0.15, 0.2) is 5.76 Å². The molecule has 1 N–H and O–H groups in total. The monoisotopic (exact) mass is 260 g/mol. The van der Waals surface area contributed by atoms with Gasteiger partial charge in [0.05, 0.1) is 11.2 Å². The van der Waals surface area contributed by atoms with Crippen molar-refractivity contribution in [2.24, 2.45) is 0 Å². The summed E-state index contributed by atoms with van der Waals surface area (Å²) >= 11 is 0. The zero-order valence-electron chi connectivity index (χ0n) is 10.5. The first-order valence-electron chi connectivity index (χ1n) is 5.59. The molecule has 0 radical (unpaired) electrons. The number of nitrogens with zero attached hydrogens (tertiary/aromatic N) is 1. The maximum absolute atomic E-state index is 11.9. The second-order valence-corrected chi connectivity index (χ2v) is 4.15. The lowest BCUT2D eigenvalue weighted by Crippen LogP contribution is -2.12. The van der Waals surface area contributed by atoms with Crippen LogP contribution in [0.1, 0.15) is 21.7 Å². The summed E-state index contributed by atoms with van der Waals surface area (Å²) < 4.78 is 5.05. The molecule has 1 heterocycles. The van der Waals surface area contributed by atoms with Crippen LogP contribution in [0.25, 0.3) is 0 Å². The minimum absolute atomic E-state index is 0.0334. The van der Waals surface area contributed by atoms with Crippen LogP contribution in [0.3, 0.4) is 0 Å². The first-order chi connectivity index (χ1) is 8.99. The van der Waals surface area contributed by atoms with Gasteiger partial charge in [-0.05, 0) is 26.0 Å². The topological polar surface area (TPSA) is 85.4 Å². The number of benzene rings is 1. The van der Waals surface area contributed by atoms with Crippen molar-refractivity contribution in [1.82, 2.24) is 0 Å². The van der Waals surface area contributed by atoms with Gasteiger partial charge in [0.1, 0.15) is 0 Å². The summed E-state index contributed by atoms with van der Waals surface area (Å²) in [6.45, 7) is 3.39. The summed E-state index contributed by atoms with van der Waals surface area (Å²) in [5, 5.41) is 13.4. The zero-order valence-corrected chi connectivity index (χ0v) is 10.5. The van der Waals surface area contributed by atoms with Crippen molar-refractivity contribution >= 4 is 17.3 Å². The zero-order chi connectivity index (χ0) is 14.0. The summed E-state index contributed by atoms with van der Waals surface area (Å²) in [5.74, 6) is -0.233. The summed E-state index contributed by atoms with van der Waals surface area (Å²) in [6.07, 6.45) is 1.42. The number of rotatable bonds is 3. The SMILES string of the molecule is Cc1ccc(NC(=O)c2occc2C)cc1[N+](=O)[O-]. The molecule has 2 aromatic rings. The molecule has 6 nitrogen and oxygen atoms in total. The maximum Gasteiger partial charge on any atom is 0.291 e. The molecule has 0 aliphatic carbocycles. The van der Waals surface area contributed by atoms with Gasteiger partial charge >= 0.3 is 0 Å². The van der Waals surface area contributed by atoms with Gasteiger partial charge in [0.2, 0.25) is 0 Å². The third-order valence-corrected chi connectivity index (χ3v) is 2.73. The summed E-state index contributed by atoms with van der Waals surface area (Å²) in [4.78, 5) is 22.2. The summed E-state index contributed by atoms with van der Waals surface area (Å²) in [7, 11) is 0. The van der Waals surface area contributed by atoms with E-state index in [4.69, 9.17) is 4.42 Å². The Morgan fingerprint density at radius 3 is 2.58 bits per heavy atom. The van der Waals surface area contributed by atoms with Gasteiger partial charge in [-0.1, -0.05) is 6.07 Å². The highest BCUT2D eigenvalue weighted by Gasteiger charge is 2.15. The molecule has 98 valence electrons. The molecule has 1 aromatic heterocycles. The number of nitrogens with one attached hydrogen (secondary N) is 1. The molecule has 0 bridgehead atoms. The van der Waals surface area contributed by atoms with Crippen molar-refractivity contribution in [2.45, 2.75) is 13.8 Å². The van der Waals surface area contributed by atoms with E-state index in [1.165, 1.54) is 12.3 Å². The Morgan fingerprint density at radius 1 is 1.26 bits per heavy atom. The Morgan fingerprint density at radius 2 is 2.00 bits per heavy atom. The highest BCUT2D eigenvalue weighted by atomic mass is 16.6. The van der Waals surface area contributed by atoms with E-state index in [0.29, 0.717) is 16.8 Å². The van der Waals surface area contributed by atoms with E-state index in [-0.39, 0.29) is 11.4 Å². The van der Waals surface area contributed by atoms with Gasteiger partial charge in [0.25, 0.3) is 11.6 Å². The molecule has 0 saturated heterocycles. The van der Waals surface area contributed by atoms with Gasteiger partial charge in [-0.3, -0.25) is 14.9 Å². The predicted molar refractivity (Wildman–Crippen MR) is 69.2 cm³/mol. The van der Waals surface area contributed by atoms with E-state index in [1.54, 1.807) is 32.0 Å². The molecule has 2 rings (SSSR count). The number of carbonyl (C=O) groups excluding carboxylic acids is 1. The number of carbonyl (C=O) groups is 1. The van der Waals surface area contributed by atoms with Gasteiger partial charge < -0.3 is 9.73 Å². The molecular formula is C13H12N2O4. The van der Waals surface area contributed by atoms with E-state index in [9.17, 15) is 14.9 Å². The standard InChI is InChI=1S/C13H12N2O4/c1-8-3-4-10(7-11(8)15(17)18)14-13(16)12-9(2)5-6-19-12/h3-7H,1-2H3,(H,14,16). The van der Waals surface area contributed by atoms with Gasteiger partial charge in [-0.2, -0.15) is 0 Å². The normalized spacial score (nSPS) is 10.2. The largest absolute Gasteiger partial charge is 0.459 e. The van der Waals surface area contributed by atoms with Crippen LogP contribution in [-0.4, -0.2) is 10.8 Å². The van der Waals surface area contributed by atoms with Crippen molar-refractivity contribution in [2.75, 3.05) is 5.32 Å². The molecule has 6 heteroatoms. The van der Waals surface area contributed by atoms with E-state index < -0.39 is 10.8 Å². The van der Waals surface area contributed by atoms with Crippen molar-refractivity contribution in [3.8, 4) is 0 Å². The van der Waals surface area contributed by atoms with Crippen LogP contribution in [0, 0.1) is 24.0 Å². The van der Waals surface area contributed by atoms with Crippen molar-refractivity contribution in [3.63, 3.8) is 0 Å². The molecule has 0 aliphatic rings. The third-order valence-electron chi connectivity index (χ3n) is 2.73. The molecule has 0 atom stereocenters. The van der Waals surface area contributed by atoms with Crippen LogP contribution in [0.15, 0.2) is 34.9 Å². The van der Waals surface area contributed by atoms with Crippen LogP contribution >= 0.6 is 0 Å². The number of aryl methyl sites for hydroxylation is 2. The smallest absolute Gasteiger partial charge is 0.291 e. The number of nitro benzene ring substituents is 1. The minimum Gasteiger partial charge on any atom is -0.459 e. The first-order valence-corrected chi connectivity index (χ1v) is 5.59. The van der Waals surface area contributed by atoms with Crippen LogP contribution in [0.5, 0.6) is 0 Å². The Hall–Kier alpha value is -2.63. The quantitative estimate of drug-likeness (QED) is 0.678. The Bertz CT molecular complexity index is 646. The van der Waals surface area contributed by atoms with Crippen molar-refractivity contribution in [1.29, 1.82) is 0 Å². The van der Waals surface area contributed by atoms with Gasteiger partial charge in [-0.15, -0.1) is 0 Å². The molecule has 0 saturated carbocycles. The number of hydrogen-bond donors (Lipinski definition) is 1. The highest BCUT2D eigenvalue weighted by molar-refractivity contribution is 6.03. The lowest BCUT2D eigenvalue weighted by Gasteiger charge is -2.05. The molecule has 1 amide bonds. The molecule has 1 aromatic carbocycles. The number of nitro groups is 1. The van der Waals surface area contributed by atoms with Gasteiger partial charge in [-0.25, -0.2) is 0 Å². The maximum atomic E-state index is 11.9. The molecular weight excluding hydrogens is 248 g/mol. The highest BCUT2D eigenvalue weighted by Crippen LogP contribution is 2.23. The first kappa shape index (κ1) is 12.8. The fourth-order valence-corrected chi connectivity index (χ4v) is 1.68. The lowest BCUT2D eigenvalue weighted by atomic mass is 10.2. The van der Waals surface area contributed by atoms with Crippen LogP contribution < -0.4 is 5.32 Å². The molecule has 0 aliphatic heterocycles. The lowest BCUT2D eigenvalue weighted by molar-refractivity contribution is -0.385. The average molecular weight is 260 g/mol. The van der Waals surface area contributed by atoms with Crippen LogP contribution in [0.2, 0.25) is 0 Å². The van der Waals surface area contributed by atoms with Crippen molar-refractivity contribution in [3.05, 3.63) is 57.5 Å². The van der Waals surface area contributed by atoms with E-state index in [1.807, 2.05) is 0 Å². The minimum atomic E-state index is -0.483. The molecule has 0 unspecified atom stereocenters. The van der Waals surface area contributed by atoms with Crippen molar-refractivity contribution < 1.29 is 14.1 Å².